The van der Waals surface area contributed by atoms with Gasteiger partial charge in [0.1, 0.15) is 5.82 Å². The topological polar surface area (TPSA) is 48.5 Å². The molecule has 0 saturated heterocycles. The summed E-state index contributed by atoms with van der Waals surface area (Å²) in [4.78, 5) is 15.0. The van der Waals surface area contributed by atoms with E-state index >= 15 is 4.39 Å². The Morgan fingerprint density at radius 1 is 0.351 bits per heavy atom. The second-order valence-electron chi connectivity index (χ2n) is 14.1. The van der Waals surface area contributed by atoms with Crippen LogP contribution in [-0.2, 0) is 0 Å². The Morgan fingerprint density at radius 3 is 1.42 bits per heavy atom. The highest BCUT2D eigenvalue weighted by Crippen LogP contribution is 2.44. The second kappa shape index (κ2) is 13.3. The number of aromatic nitrogens is 5. The van der Waals surface area contributed by atoms with E-state index < -0.39 is 0 Å². The van der Waals surface area contributed by atoms with E-state index in [4.69, 9.17) is 15.0 Å². The average molecular weight is 734 g/mol. The van der Waals surface area contributed by atoms with Crippen molar-refractivity contribution in [2.45, 2.75) is 0 Å². The molecular weight excluding hydrogens is 702 g/mol. The van der Waals surface area contributed by atoms with Crippen LogP contribution in [0.25, 0.3) is 100 Å². The zero-order valence-electron chi connectivity index (χ0n) is 30.6. The van der Waals surface area contributed by atoms with Gasteiger partial charge < -0.3 is 9.13 Å². The molecule has 0 N–H and O–H groups in total. The van der Waals surface area contributed by atoms with Crippen molar-refractivity contribution in [3.8, 4) is 56.7 Å². The molecule has 0 radical (unpaired) electrons. The third-order valence-electron chi connectivity index (χ3n) is 10.8. The molecule has 0 aliphatic carbocycles. The van der Waals surface area contributed by atoms with Gasteiger partial charge in [-0.1, -0.05) is 146 Å². The Labute approximate surface area is 327 Å². The summed E-state index contributed by atoms with van der Waals surface area (Å²) < 4.78 is 20.9. The molecule has 5 nitrogen and oxygen atoms in total. The van der Waals surface area contributed by atoms with Crippen LogP contribution < -0.4 is 0 Å². The summed E-state index contributed by atoms with van der Waals surface area (Å²) in [6.45, 7) is 0. The number of hydrogen-bond acceptors (Lipinski definition) is 3. The summed E-state index contributed by atoms with van der Waals surface area (Å²) in [6.07, 6.45) is 0. The van der Waals surface area contributed by atoms with Crippen LogP contribution in [0.3, 0.4) is 0 Å². The third-order valence-corrected chi connectivity index (χ3v) is 10.8. The molecule has 268 valence electrons. The summed E-state index contributed by atoms with van der Waals surface area (Å²) in [5, 5.41) is 4.53. The molecular formula is C51H32FN5. The fraction of sp³-hybridized carbons (Fsp3) is 0. The van der Waals surface area contributed by atoms with Crippen molar-refractivity contribution in [1.82, 2.24) is 24.1 Å². The van der Waals surface area contributed by atoms with Gasteiger partial charge in [-0.05, 0) is 48.5 Å². The van der Waals surface area contributed by atoms with Crippen LogP contribution in [0.5, 0.6) is 0 Å². The maximum atomic E-state index is 16.3. The fourth-order valence-electron chi connectivity index (χ4n) is 8.30. The highest BCUT2D eigenvalue weighted by Gasteiger charge is 2.24. The van der Waals surface area contributed by atoms with E-state index in [1.165, 1.54) is 6.07 Å². The lowest BCUT2D eigenvalue weighted by atomic mass is 9.99. The van der Waals surface area contributed by atoms with Gasteiger partial charge in [-0.25, -0.2) is 19.3 Å². The lowest BCUT2D eigenvalue weighted by Gasteiger charge is -2.17. The number of fused-ring (bicyclic) bond motifs is 7. The highest BCUT2D eigenvalue weighted by molar-refractivity contribution is 6.24. The largest absolute Gasteiger partial charge is 0.307 e. The normalized spacial score (nSPS) is 11.6. The predicted molar refractivity (Wildman–Crippen MR) is 230 cm³/mol. The van der Waals surface area contributed by atoms with E-state index in [2.05, 4.69) is 100 Å². The second-order valence-corrected chi connectivity index (χ2v) is 14.1. The van der Waals surface area contributed by atoms with Gasteiger partial charge >= 0.3 is 0 Å². The minimum atomic E-state index is -0.314. The van der Waals surface area contributed by atoms with Crippen LogP contribution in [0.15, 0.2) is 194 Å². The lowest BCUT2D eigenvalue weighted by Crippen LogP contribution is -2.03. The van der Waals surface area contributed by atoms with Crippen molar-refractivity contribution in [3.05, 3.63) is 200 Å². The van der Waals surface area contributed by atoms with Crippen molar-refractivity contribution in [1.29, 1.82) is 0 Å². The first-order valence-corrected chi connectivity index (χ1v) is 19.0. The molecule has 0 aliphatic rings. The molecule has 0 atom stereocenters. The number of halogens is 1. The lowest BCUT2D eigenvalue weighted by molar-refractivity contribution is 0.631. The molecule has 57 heavy (non-hydrogen) atoms. The van der Waals surface area contributed by atoms with Crippen molar-refractivity contribution in [2.75, 3.05) is 0 Å². The number of benzene rings is 8. The fourth-order valence-corrected chi connectivity index (χ4v) is 8.30. The van der Waals surface area contributed by atoms with Crippen LogP contribution in [-0.4, -0.2) is 24.1 Å². The van der Waals surface area contributed by atoms with Crippen molar-refractivity contribution >= 4 is 43.6 Å². The Balaban J connectivity index is 1.24. The number of para-hydroxylation sites is 3. The Kier molecular flexibility index (Phi) is 7.60. The summed E-state index contributed by atoms with van der Waals surface area (Å²) in [5.74, 6) is 1.32. The summed E-state index contributed by atoms with van der Waals surface area (Å²) in [6, 6.07) is 65.0. The monoisotopic (exact) mass is 733 g/mol. The van der Waals surface area contributed by atoms with E-state index in [1.807, 2.05) is 91.0 Å². The molecule has 6 heteroatoms. The van der Waals surface area contributed by atoms with Crippen LogP contribution in [0, 0.1) is 5.82 Å². The third kappa shape index (κ3) is 5.34. The predicted octanol–water partition coefficient (Wildman–Crippen LogP) is 12.9. The maximum Gasteiger partial charge on any atom is 0.164 e. The number of rotatable bonds is 6. The summed E-state index contributed by atoms with van der Waals surface area (Å²) >= 11 is 0. The summed E-state index contributed by atoms with van der Waals surface area (Å²) in [7, 11) is 0. The number of nitrogens with zero attached hydrogens (tertiary/aromatic N) is 5. The standard InChI is InChI=1S/C51H32FN5/c52-43-25-13-10-22-37(43)42-32-35(51-54-49(33-16-4-1-5-17-33)53-50(55-51)34-18-6-2-7-19-34)28-31-46(42)57-45-27-15-12-24-39(45)41-30-29-40-38-23-11-14-26-44(38)56(47(40)48(41)57)36-20-8-3-9-21-36/h1-32H. The molecule has 0 aliphatic heterocycles. The molecule has 0 spiro atoms. The van der Waals surface area contributed by atoms with Crippen molar-refractivity contribution in [2.24, 2.45) is 0 Å². The highest BCUT2D eigenvalue weighted by atomic mass is 19.1. The minimum Gasteiger partial charge on any atom is -0.307 e. The first-order chi connectivity index (χ1) is 28.2. The van der Waals surface area contributed by atoms with Crippen LogP contribution >= 0.6 is 0 Å². The quantitative estimate of drug-likeness (QED) is 0.171. The Bertz CT molecular complexity index is 3240. The molecule has 8 aromatic carbocycles. The Hall–Kier alpha value is -7.70. The molecule has 0 saturated carbocycles. The zero-order valence-corrected chi connectivity index (χ0v) is 30.6. The first kappa shape index (κ1) is 32.7. The van der Waals surface area contributed by atoms with Gasteiger partial charge in [0.25, 0.3) is 0 Å². The average Bonchev–Trinajstić information content (AvgIpc) is 3.80. The van der Waals surface area contributed by atoms with Gasteiger partial charge in [-0.15, -0.1) is 0 Å². The Morgan fingerprint density at radius 2 is 0.825 bits per heavy atom. The molecule has 0 amide bonds. The SMILES string of the molecule is Fc1ccccc1-c1cc(-c2nc(-c3ccccc3)nc(-c3ccccc3)n2)ccc1-n1c2ccccc2c2ccc3c4ccccc4n(-c4ccccc4)c3c21. The number of hydrogen-bond donors (Lipinski definition) is 0. The van der Waals surface area contributed by atoms with Crippen molar-refractivity contribution < 1.29 is 4.39 Å². The smallest absolute Gasteiger partial charge is 0.164 e. The van der Waals surface area contributed by atoms with Gasteiger partial charge in [-0.2, -0.15) is 0 Å². The molecule has 0 bridgehead atoms. The molecule has 0 fully saturated rings. The maximum absolute atomic E-state index is 16.3. The van der Waals surface area contributed by atoms with Crippen LogP contribution in [0.2, 0.25) is 0 Å². The van der Waals surface area contributed by atoms with E-state index in [9.17, 15) is 0 Å². The van der Waals surface area contributed by atoms with Crippen LogP contribution in [0.1, 0.15) is 0 Å². The molecule has 11 aromatic rings. The van der Waals surface area contributed by atoms with Gasteiger partial charge in [0.15, 0.2) is 17.5 Å². The zero-order chi connectivity index (χ0) is 37.9. The van der Waals surface area contributed by atoms with Gasteiger partial charge in [0.05, 0.1) is 27.8 Å². The van der Waals surface area contributed by atoms with E-state index in [0.717, 1.165) is 77.2 Å². The van der Waals surface area contributed by atoms with E-state index in [0.29, 0.717) is 23.0 Å². The van der Waals surface area contributed by atoms with Crippen molar-refractivity contribution in [3.63, 3.8) is 0 Å². The molecule has 11 rings (SSSR count). The first-order valence-electron chi connectivity index (χ1n) is 19.0. The van der Waals surface area contributed by atoms with Gasteiger partial charge in [-0.3, -0.25) is 0 Å². The molecule has 0 unspecified atom stereocenters. The van der Waals surface area contributed by atoms with Crippen LogP contribution in [0.4, 0.5) is 4.39 Å². The molecule has 3 aromatic heterocycles. The van der Waals surface area contributed by atoms with E-state index in [-0.39, 0.29) is 5.82 Å². The molecule has 3 heterocycles. The summed E-state index contributed by atoms with van der Waals surface area (Å²) in [5.41, 5.74) is 9.88. The van der Waals surface area contributed by atoms with E-state index in [1.54, 1.807) is 6.07 Å². The van der Waals surface area contributed by atoms with Gasteiger partial charge in [0, 0.05) is 55.0 Å². The minimum absolute atomic E-state index is 0.314. The van der Waals surface area contributed by atoms with Gasteiger partial charge in [0.2, 0.25) is 0 Å².